The molecule has 1 aliphatic rings. The third-order valence-electron chi connectivity index (χ3n) is 3.57. The lowest BCUT2D eigenvalue weighted by molar-refractivity contribution is 0.105. The van der Waals surface area contributed by atoms with Crippen molar-refractivity contribution in [1.29, 1.82) is 0 Å². The second-order valence-electron chi connectivity index (χ2n) is 4.57. The highest BCUT2D eigenvalue weighted by Gasteiger charge is 2.27. The molecule has 0 spiro atoms. The standard InChI is InChI=1S/C14H20O3/c1-16-10-7-8-14(17-2)12(9-10)11-5-3-4-6-13(11)15/h7-9,11,13,15H,3-6H2,1-2H3/t11-,13+/m0/s1. The molecule has 1 fully saturated rings. The van der Waals surface area contributed by atoms with E-state index in [9.17, 15) is 5.11 Å². The van der Waals surface area contributed by atoms with Gasteiger partial charge >= 0.3 is 0 Å². The molecule has 0 aliphatic heterocycles. The highest BCUT2D eigenvalue weighted by Crippen LogP contribution is 2.39. The molecule has 0 bridgehead atoms. The number of rotatable bonds is 3. The monoisotopic (exact) mass is 236 g/mol. The fourth-order valence-electron chi connectivity index (χ4n) is 2.60. The Labute approximate surface area is 102 Å². The summed E-state index contributed by atoms with van der Waals surface area (Å²) in [5, 5.41) is 10.1. The van der Waals surface area contributed by atoms with E-state index >= 15 is 0 Å². The highest BCUT2D eigenvalue weighted by atomic mass is 16.5. The summed E-state index contributed by atoms with van der Waals surface area (Å²) >= 11 is 0. The molecule has 0 saturated heterocycles. The Balaban J connectivity index is 2.33. The molecule has 1 aromatic carbocycles. The average molecular weight is 236 g/mol. The second-order valence-corrected chi connectivity index (χ2v) is 4.57. The molecule has 94 valence electrons. The minimum atomic E-state index is -0.259. The van der Waals surface area contributed by atoms with Crippen LogP contribution in [0.3, 0.4) is 0 Å². The molecule has 17 heavy (non-hydrogen) atoms. The summed E-state index contributed by atoms with van der Waals surface area (Å²) in [4.78, 5) is 0. The number of hydrogen-bond acceptors (Lipinski definition) is 3. The molecule has 1 saturated carbocycles. The van der Waals surface area contributed by atoms with Gasteiger partial charge in [0, 0.05) is 11.5 Å². The lowest BCUT2D eigenvalue weighted by atomic mass is 9.81. The van der Waals surface area contributed by atoms with Crippen LogP contribution in [0.1, 0.15) is 37.2 Å². The number of aliphatic hydroxyl groups is 1. The van der Waals surface area contributed by atoms with E-state index in [-0.39, 0.29) is 12.0 Å². The molecule has 3 nitrogen and oxygen atoms in total. The lowest BCUT2D eigenvalue weighted by Crippen LogP contribution is -2.23. The number of benzene rings is 1. The zero-order valence-corrected chi connectivity index (χ0v) is 10.5. The summed E-state index contributed by atoms with van der Waals surface area (Å²) in [6.07, 6.45) is 3.92. The maximum absolute atomic E-state index is 10.1. The Morgan fingerprint density at radius 2 is 1.88 bits per heavy atom. The van der Waals surface area contributed by atoms with Crippen LogP contribution in [0.2, 0.25) is 0 Å². The van der Waals surface area contributed by atoms with Gasteiger partial charge in [-0.2, -0.15) is 0 Å². The summed E-state index contributed by atoms with van der Waals surface area (Å²) in [6, 6.07) is 5.78. The number of methoxy groups -OCH3 is 2. The molecule has 0 aromatic heterocycles. The molecular formula is C14H20O3. The first-order valence-electron chi connectivity index (χ1n) is 6.16. The van der Waals surface area contributed by atoms with Crippen LogP contribution >= 0.6 is 0 Å². The molecule has 2 rings (SSSR count). The van der Waals surface area contributed by atoms with Crippen LogP contribution < -0.4 is 9.47 Å². The molecule has 0 unspecified atom stereocenters. The van der Waals surface area contributed by atoms with Crippen molar-refractivity contribution in [3.63, 3.8) is 0 Å². The predicted octanol–water partition coefficient (Wildman–Crippen LogP) is 2.72. The number of aliphatic hydroxyl groups excluding tert-OH is 1. The van der Waals surface area contributed by atoms with Gasteiger partial charge in [0.15, 0.2) is 0 Å². The Morgan fingerprint density at radius 1 is 1.12 bits per heavy atom. The average Bonchev–Trinajstić information content (AvgIpc) is 2.38. The molecule has 2 atom stereocenters. The van der Waals surface area contributed by atoms with E-state index in [0.29, 0.717) is 0 Å². The minimum absolute atomic E-state index is 0.175. The highest BCUT2D eigenvalue weighted by molar-refractivity contribution is 5.43. The van der Waals surface area contributed by atoms with Crippen molar-refractivity contribution in [2.24, 2.45) is 0 Å². The van der Waals surface area contributed by atoms with Crippen LogP contribution in [0.4, 0.5) is 0 Å². The molecule has 1 aromatic rings. The molecule has 3 heteroatoms. The number of hydrogen-bond donors (Lipinski definition) is 1. The summed E-state index contributed by atoms with van der Waals surface area (Å²) < 4.78 is 10.6. The van der Waals surface area contributed by atoms with E-state index in [1.165, 1.54) is 6.42 Å². The van der Waals surface area contributed by atoms with Crippen molar-refractivity contribution >= 4 is 0 Å². The van der Waals surface area contributed by atoms with Crippen LogP contribution in [-0.2, 0) is 0 Å². The first-order chi connectivity index (χ1) is 8.26. The van der Waals surface area contributed by atoms with E-state index < -0.39 is 0 Å². The largest absolute Gasteiger partial charge is 0.497 e. The third-order valence-corrected chi connectivity index (χ3v) is 3.57. The van der Waals surface area contributed by atoms with Gasteiger partial charge < -0.3 is 14.6 Å². The molecule has 0 amide bonds. The van der Waals surface area contributed by atoms with Crippen molar-refractivity contribution in [3.8, 4) is 11.5 Å². The SMILES string of the molecule is COc1ccc(OC)c([C@@H]2CCCC[C@H]2O)c1. The zero-order valence-electron chi connectivity index (χ0n) is 10.5. The Bertz CT molecular complexity index is 376. The Kier molecular flexibility index (Phi) is 3.89. The second kappa shape index (κ2) is 5.41. The van der Waals surface area contributed by atoms with E-state index in [1.807, 2.05) is 18.2 Å². The molecule has 1 aliphatic carbocycles. The topological polar surface area (TPSA) is 38.7 Å². The van der Waals surface area contributed by atoms with Crippen LogP contribution in [0.5, 0.6) is 11.5 Å². The molecular weight excluding hydrogens is 216 g/mol. The molecule has 1 N–H and O–H groups in total. The number of ether oxygens (including phenoxy) is 2. The smallest absolute Gasteiger partial charge is 0.122 e. The van der Waals surface area contributed by atoms with E-state index in [4.69, 9.17) is 9.47 Å². The van der Waals surface area contributed by atoms with Gasteiger partial charge in [0.2, 0.25) is 0 Å². The van der Waals surface area contributed by atoms with Crippen LogP contribution in [-0.4, -0.2) is 25.4 Å². The Morgan fingerprint density at radius 3 is 2.53 bits per heavy atom. The van der Waals surface area contributed by atoms with Crippen molar-refractivity contribution in [2.75, 3.05) is 14.2 Å². The van der Waals surface area contributed by atoms with Crippen molar-refractivity contribution in [2.45, 2.75) is 37.7 Å². The summed E-state index contributed by atoms with van der Waals surface area (Å²) in [6.45, 7) is 0. The summed E-state index contributed by atoms with van der Waals surface area (Å²) in [5.41, 5.74) is 1.07. The van der Waals surface area contributed by atoms with Gasteiger partial charge in [-0.3, -0.25) is 0 Å². The van der Waals surface area contributed by atoms with Crippen molar-refractivity contribution < 1.29 is 14.6 Å². The maximum atomic E-state index is 10.1. The van der Waals surface area contributed by atoms with Crippen LogP contribution in [0.15, 0.2) is 18.2 Å². The lowest BCUT2D eigenvalue weighted by Gasteiger charge is -2.29. The third kappa shape index (κ3) is 2.55. The van der Waals surface area contributed by atoms with Gasteiger partial charge in [0.05, 0.1) is 20.3 Å². The summed E-state index contributed by atoms with van der Waals surface area (Å²) in [5.74, 6) is 1.84. The van der Waals surface area contributed by atoms with Gasteiger partial charge in [-0.25, -0.2) is 0 Å². The first-order valence-corrected chi connectivity index (χ1v) is 6.16. The Hall–Kier alpha value is -1.22. The first kappa shape index (κ1) is 12.2. The van der Waals surface area contributed by atoms with Crippen molar-refractivity contribution in [3.05, 3.63) is 23.8 Å². The predicted molar refractivity (Wildman–Crippen MR) is 66.8 cm³/mol. The van der Waals surface area contributed by atoms with Crippen molar-refractivity contribution in [1.82, 2.24) is 0 Å². The van der Waals surface area contributed by atoms with E-state index in [2.05, 4.69) is 0 Å². The summed E-state index contributed by atoms with van der Waals surface area (Å²) in [7, 11) is 3.32. The molecule has 0 heterocycles. The van der Waals surface area contributed by atoms with Gasteiger partial charge in [-0.05, 0) is 31.0 Å². The fraction of sp³-hybridized carbons (Fsp3) is 0.571. The van der Waals surface area contributed by atoms with E-state index in [1.54, 1.807) is 14.2 Å². The van der Waals surface area contributed by atoms with Crippen LogP contribution in [0, 0.1) is 0 Å². The van der Waals surface area contributed by atoms with E-state index in [0.717, 1.165) is 36.3 Å². The molecule has 0 radical (unpaired) electrons. The van der Waals surface area contributed by atoms with Gasteiger partial charge in [-0.15, -0.1) is 0 Å². The van der Waals surface area contributed by atoms with Gasteiger partial charge in [0.1, 0.15) is 11.5 Å². The maximum Gasteiger partial charge on any atom is 0.122 e. The zero-order chi connectivity index (χ0) is 12.3. The van der Waals surface area contributed by atoms with Crippen LogP contribution in [0.25, 0.3) is 0 Å². The fourth-order valence-corrected chi connectivity index (χ4v) is 2.60. The van der Waals surface area contributed by atoms with Gasteiger partial charge in [0.25, 0.3) is 0 Å². The minimum Gasteiger partial charge on any atom is -0.497 e. The van der Waals surface area contributed by atoms with Gasteiger partial charge in [-0.1, -0.05) is 12.8 Å². The normalized spacial score (nSPS) is 24.4. The quantitative estimate of drug-likeness (QED) is 0.877.